The van der Waals surface area contributed by atoms with E-state index < -0.39 is 5.91 Å². The van der Waals surface area contributed by atoms with Crippen LogP contribution in [0.15, 0.2) is 60.7 Å². The SMILES string of the molecule is CCC1(O[C@H](c2ccccc2)[C@@H](C)N(C)C)O[C@H](c2ccccc2)[C@@H](C)[N+]1(C)C. The molecule has 4 heteroatoms. The van der Waals surface area contributed by atoms with Gasteiger partial charge in [-0.2, -0.15) is 0 Å². The first-order valence-electron chi connectivity index (χ1n) is 10.7. The number of benzene rings is 2. The first kappa shape index (κ1) is 22.0. The Bertz CT molecular complexity index is 778. The Balaban J connectivity index is 2.00. The normalized spacial score (nSPS) is 28.4. The average Bonchev–Trinajstić information content (AvgIpc) is 2.93. The molecule has 1 unspecified atom stereocenters. The highest BCUT2D eigenvalue weighted by Crippen LogP contribution is 2.49. The second-order valence-electron chi connectivity index (χ2n) is 8.95. The van der Waals surface area contributed by atoms with Gasteiger partial charge >= 0.3 is 5.91 Å². The summed E-state index contributed by atoms with van der Waals surface area (Å²) in [6.07, 6.45) is 0.680. The molecule has 1 aliphatic heterocycles. The largest absolute Gasteiger partial charge is 0.320 e. The minimum atomic E-state index is -0.718. The van der Waals surface area contributed by atoms with Crippen LogP contribution in [-0.4, -0.2) is 55.6 Å². The van der Waals surface area contributed by atoms with Crippen LogP contribution < -0.4 is 0 Å². The zero-order valence-corrected chi connectivity index (χ0v) is 19.0. The summed E-state index contributed by atoms with van der Waals surface area (Å²) in [7, 11) is 8.68. The molecule has 0 saturated carbocycles. The lowest BCUT2D eigenvalue weighted by molar-refractivity contribution is -0.991. The lowest BCUT2D eigenvalue weighted by Crippen LogP contribution is -2.61. The fraction of sp³-hybridized carbons (Fsp3) is 0.520. The molecule has 2 aromatic carbocycles. The van der Waals surface area contributed by atoms with Gasteiger partial charge in [0.05, 0.1) is 20.5 Å². The standard InChI is InChI=1S/C25H37N2O2/c1-8-25(28-23(19(2)26(4)5)21-15-11-9-12-16-21)27(6,7)20(3)24(29-25)22-17-13-10-14-18-22/h9-20,23-24H,8H2,1-7H3/q+1/t19-,20-,23+,24+,25?/m1/s1. The Morgan fingerprint density at radius 3 is 2.10 bits per heavy atom. The molecule has 1 aliphatic rings. The highest BCUT2D eigenvalue weighted by molar-refractivity contribution is 5.21. The van der Waals surface area contributed by atoms with Gasteiger partial charge in [0.25, 0.3) is 0 Å². The molecule has 0 bridgehead atoms. The van der Waals surface area contributed by atoms with Crippen LogP contribution in [0.1, 0.15) is 50.5 Å². The predicted molar refractivity (Wildman–Crippen MR) is 118 cm³/mol. The molecular formula is C25H37N2O2+. The third-order valence-corrected chi connectivity index (χ3v) is 6.91. The van der Waals surface area contributed by atoms with Crippen molar-refractivity contribution < 1.29 is 14.0 Å². The summed E-state index contributed by atoms with van der Waals surface area (Å²) in [6.45, 7) is 6.65. The maximum absolute atomic E-state index is 7.00. The Hall–Kier alpha value is -1.72. The van der Waals surface area contributed by atoms with Gasteiger partial charge in [0.1, 0.15) is 18.2 Å². The molecule has 2 aromatic rings. The lowest BCUT2D eigenvalue weighted by Gasteiger charge is -2.45. The quantitative estimate of drug-likeness (QED) is 0.614. The maximum Gasteiger partial charge on any atom is 0.320 e. The first-order valence-corrected chi connectivity index (χ1v) is 10.7. The van der Waals surface area contributed by atoms with Crippen LogP contribution in [0.25, 0.3) is 0 Å². The topological polar surface area (TPSA) is 21.7 Å². The van der Waals surface area contributed by atoms with Crippen molar-refractivity contribution in [2.45, 2.75) is 57.4 Å². The Labute approximate surface area is 176 Å². The number of likely N-dealkylation sites (N-methyl/N-ethyl adjacent to an activating group) is 2. The van der Waals surface area contributed by atoms with E-state index in [4.69, 9.17) is 9.47 Å². The van der Waals surface area contributed by atoms with E-state index in [9.17, 15) is 0 Å². The third-order valence-electron chi connectivity index (χ3n) is 6.91. The van der Waals surface area contributed by atoms with Gasteiger partial charge < -0.3 is 4.90 Å². The van der Waals surface area contributed by atoms with Gasteiger partial charge in [-0.15, -0.1) is 0 Å². The van der Waals surface area contributed by atoms with Crippen LogP contribution in [0.2, 0.25) is 0 Å². The van der Waals surface area contributed by atoms with Gasteiger partial charge in [-0.05, 0) is 39.1 Å². The number of nitrogens with zero attached hydrogens (tertiary/aromatic N) is 2. The molecule has 3 rings (SSSR count). The van der Waals surface area contributed by atoms with Crippen LogP contribution in [0, 0.1) is 0 Å². The molecule has 4 nitrogen and oxygen atoms in total. The molecule has 0 spiro atoms. The first-order chi connectivity index (χ1) is 13.7. The summed E-state index contributed by atoms with van der Waals surface area (Å²) >= 11 is 0. The molecule has 0 aliphatic carbocycles. The number of hydrogen-bond donors (Lipinski definition) is 0. The van der Waals surface area contributed by atoms with Crippen molar-refractivity contribution >= 4 is 0 Å². The van der Waals surface area contributed by atoms with E-state index in [0.29, 0.717) is 4.48 Å². The van der Waals surface area contributed by atoms with Crippen LogP contribution >= 0.6 is 0 Å². The second-order valence-corrected chi connectivity index (χ2v) is 8.95. The Morgan fingerprint density at radius 1 is 1.03 bits per heavy atom. The second kappa shape index (κ2) is 8.57. The molecule has 0 amide bonds. The zero-order chi connectivity index (χ0) is 21.2. The highest BCUT2D eigenvalue weighted by Gasteiger charge is 2.62. The molecule has 1 saturated heterocycles. The van der Waals surface area contributed by atoms with Crippen molar-refractivity contribution in [2.75, 3.05) is 28.2 Å². The molecule has 158 valence electrons. The summed E-state index contributed by atoms with van der Waals surface area (Å²) in [6, 6.07) is 21.5. The highest BCUT2D eigenvalue weighted by atomic mass is 16.7. The number of hydrogen-bond acceptors (Lipinski definition) is 3. The summed E-state index contributed by atoms with van der Waals surface area (Å²) in [5.74, 6) is -0.718. The van der Waals surface area contributed by atoms with Crippen LogP contribution in [0.3, 0.4) is 0 Å². The Morgan fingerprint density at radius 2 is 1.59 bits per heavy atom. The molecule has 29 heavy (non-hydrogen) atoms. The number of ether oxygens (including phenoxy) is 2. The molecule has 0 N–H and O–H groups in total. The fourth-order valence-corrected chi connectivity index (χ4v) is 4.37. The van der Waals surface area contributed by atoms with E-state index in [1.165, 1.54) is 11.1 Å². The van der Waals surface area contributed by atoms with Gasteiger partial charge in [-0.25, -0.2) is 0 Å². The smallest absolute Gasteiger partial charge is 0.304 e. The predicted octanol–water partition coefficient (Wildman–Crippen LogP) is 4.99. The van der Waals surface area contributed by atoms with Gasteiger partial charge in [0.2, 0.25) is 0 Å². The monoisotopic (exact) mass is 397 g/mol. The Kier molecular flexibility index (Phi) is 6.49. The maximum atomic E-state index is 7.00. The summed E-state index contributed by atoms with van der Waals surface area (Å²) in [4.78, 5) is 2.22. The van der Waals surface area contributed by atoms with Crippen molar-refractivity contribution in [2.24, 2.45) is 0 Å². The van der Waals surface area contributed by atoms with E-state index in [2.05, 4.69) is 115 Å². The van der Waals surface area contributed by atoms with Crippen LogP contribution in [0.4, 0.5) is 0 Å². The van der Waals surface area contributed by atoms with Gasteiger partial charge in [-0.3, -0.25) is 14.0 Å². The van der Waals surface area contributed by atoms with Crippen LogP contribution in [-0.2, 0) is 9.47 Å². The van der Waals surface area contributed by atoms with Gasteiger partial charge in [0.15, 0.2) is 0 Å². The summed E-state index contributed by atoms with van der Waals surface area (Å²) in [5, 5.41) is 0. The van der Waals surface area contributed by atoms with Gasteiger partial charge in [0, 0.05) is 6.04 Å². The molecule has 1 fully saturated rings. The minimum Gasteiger partial charge on any atom is -0.304 e. The lowest BCUT2D eigenvalue weighted by atomic mass is 10.0. The van der Waals surface area contributed by atoms with Crippen molar-refractivity contribution in [3.63, 3.8) is 0 Å². The van der Waals surface area contributed by atoms with Crippen molar-refractivity contribution in [1.82, 2.24) is 4.90 Å². The molecule has 0 aromatic heterocycles. The van der Waals surface area contributed by atoms with Gasteiger partial charge in [-0.1, -0.05) is 67.6 Å². The van der Waals surface area contributed by atoms with E-state index in [1.807, 2.05) is 0 Å². The van der Waals surface area contributed by atoms with E-state index in [0.717, 1.165) is 6.42 Å². The molecule has 1 heterocycles. The van der Waals surface area contributed by atoms with E-state index >= 15 is 0 Å². The zero-order valence-electron chi connectivity index (χ0n) is 19.0. The average molecular weight is 398 g/mol. The number of quaternary nitrogens is 1. The van der Waals surface area contributed by atoms with Crippen LogP contribution in [0.5, 0.6) is 0 Å². The van der Waals surface area contributed by atoms with Crippen molar-refractivity contribution in [1.29, 1.82) is 0 Å². The fourth-order valence-electron chi connectivity index (χ4n) is 4.37. The van der Waals surface area contributed by atoms with Crippen molar-refractivity contribution in [3.8, 4) is 0 Å². The van der Waals surface area contributed by atoms with E-state index in [-0.39, 0.29) is 24.3 Å². The molecule has 5 atom stereocenters. The third kappa shape index (κ3) is 3.99. The van der Waals surface area contributed by atoms with Crippen molar-refractivity contribution in [3.05, 3.63) is 71.8 Å². The summed E-state index contributed by atoms with van der Waals surface area (Å²) < 4.78 is 14.5. The molecular weight excluding hydrogens is 360 g/mol. The van der Waals surface area contributed by atoms with E-state index in [1.54, 1.807) is 0 Å². The molecule has 0 radical (unpaired) electrons. The summed E-state index contributed by atoms with van der Waals surface area (Å²) in [5.41, 5.74) is 2.39. The minimum absolute atomic E-state index is 0.00256. The number of rotatable bonds is 7.